The van der Waals surface area contributed by atoms with Gasteiger partial charge in [0, 0.05) is 19.1 Å². The van der Waals surface area contributed by atoms with Crippen LogP contribution in [0.5, 0.6) is 0 Å². The van der Waals surface area contributed by atoms with Crippen LogP contribution < -0.4 is 5.32 Å². The maximum Gasteiger partial charge on any atom is 0.410 e. The van der Waals surface area contributed by atoms with Crippen LogP contribution >= 0.6 is 0 Å². The zero-order chi connectivity index (χ0) is 11.1. The quantitative estimate of drug-likeness (QED) is 0.659. The summed E-state index contributed by atoms with van der Waals surface area (Å²) in [6.07, 6.45) is 2.14. The van der Waals surface area contributed by atoms with Gasteiger partial charge in [-0.2, -0.15) is 0 Å². The topological polar surface area (TPSA) is 41.6 Å². The molecule has 1 aliphatic carbocycles. The average Bonchev–Trinajstić information content (AvgIpc) is 2.03. The van der Waals surface area contributed by atoms with E-state index in [1.807, 2.05) is 25.7 Å². The zero-order valence-electron chi connectivity index (χ0n) is 9.75. The Hall–Kier alpha value is -0.770. The van der Waals surface area contributed by atoms with Crippen LogP contribution in [-0.2, 0) is 4.74 Å². The van der Waals surface area contributed by atoms with Crippen molar-refractivity contribution in [2.45, 2.75) is 51.3 Å². The summed E-state index contributed by atoms with van der Waals surface area (Å²) < 4.78 is 5.39. The molecule has 1 amide bonds. The Kier molecular flexibility index (Phi) is 2.63. The second kappa shape index (κ2) is 3.67. The number of ether oxygens (including phenoxy) is 1. The highest BCUT2D eigenvalue weighted by atomic mass is 16.6. The number of nitrogens with zero attached hydrogens (tertiary/aromatic N) is 1. The summed E-state index contributed by atoms with van der Waals surface area (Å²) in [4.78, 5) is 13.8. The molecule has 0 bridgehead atoms. The molecule has 86 valence electrons. The van der Waals surface area contributed by atoms with Gasteiger partial charge >= 0.3 is 6.09 Å². The number of hydrogen-bond acceptors (Lipinski definition) is 3. The van der Waals surface area contributed by atoms with Gasteiger partial charge in [0.25, 0.3) is 0 Å². The lowest BCUT2D eigenvalue weighted by molar-refractivity contribution is -0.0104. The van der Waals surface area contributed by atoms with Gasteiger partial charge in [-0.1, -0.05) is 0 Å². The minimum atomic E-state index is -0.388. The van der Waals surface area contributed by atoms with Crippen molar-refractivity contribution in [2.75, 3.05) is 13.1 Å². The van der Waals surface area contributed by atoms with Crippen molar-refractivity contribution in [3.63, 3.8) is 0 Å². The van der Waals surface area contributed by atoms with Crippen LogP contribution in [0.4, 0.5) is 4.79 Å². The molecule has 1 aliphatic heterocycles. The normalized spacial score (nSPS) is 30.5. The summed E-state index contributed by atoms with van der Waals surface area (Å²) in [7, 11) is 0. The molecule has 2 fully saturated rings. The van der Waals surface area contributed by atoms with Crippen LogP contribution in [0, 0.1) is 0 Å². The van der Waals surface area contributed by atoms with Gasteiger partial charge in [-0.25, -0.2) is 4.79 Å². The molecule has 0 aromatic carbocycles. The molecule has 2 aliphatic rings. The number of carbonyl (C=O) groups is 1. The molecule has 2 atom stereocenters. The fraction of sp³-hybridized carbons (Fsp3) is 0.909. The zero-order valence-corrected chi connectivity index (χ0v) is 9.75. The van der Waals surface area contributed by atoms with E-state index in [1.165, 1.54) is 6.42 Å². The lowest BCUT2D eigenvalue weighted by atomic mass is 9.83. The highest BCUT2D eigenvalue weighted by Crippen LogP contribution is 2.29. The highest BCUT2D eigenvalue weighted by molar-refractivity contribution is 5.69. The Bertz CT molecular complexity index is 260. The first-order chi connectivity index (χ1) is 6.97. The predicted octanol–water partition coefficient (Wildman–Crippen LogP) is 1.36. The van der Waals surface area contributed by atoms with Crippen molar-refractivity contribution in [3.05, 3.63) is 0 Å². The van der Waals surface area contributed by atoms with Crippen LogP contribution in [0.3, 0.4) is 0 Å². The third kappa shape index (κ3) is 2.25. The molecule has 1 heterocycles. The van der Waals surface area contributed by atoms with Crippen molar-refractivity contribution < 1.29 is 9.53 Å². The third-order valence-corrected chi connectivity index (χ3v) is 3.03. The second-order valence-electron chi connectivity index (χ2n) is 5.38. The van der Waals surface area contributed by atoms with Gasteiger partial charge in [0.05, 0.1) is 6.04 Å². The van der Waals surface area contributed by atoms with Crippen molar-refractivity contribution in [2.24, 2.45) is 0 Å². The Morgan fingerprint density at radius 2 is 2.13 bits per heavy atom. The number of hydrogen-bond donors (Lipinski definition) is 1. The minimum absolute atomic E-state index is 0.154. The number of rotatable bonds is 0. The molecule has 1 N–H and O–H groups in total. The van der Waals surface area contributed by atoms with Crippen LogP contribution in [-0.4, -0.2) is 41.8 Å². The summed E-state index contributed by atoms with van der Waals surface area (Å²) in [5.41, 5.74) is -0.388. The van der Waals surface area contributed by atoms with Gasteiger partial charge in [-0.3, -0.25) is 0 Å². The van der Waals surface area contributed by atoms with E-state index in [1.54, 1.807) is 0 Å². The molecule has 0 spiro atoms. The summed E-state index contributed by atoms with van der Waals surface area (Å²) in [5.74, 6) is 0. The van der Waals surface area contributed by atoms with Gasteiger partial charge < -0.3 is 15.0 Å². The number of piperazine rings is 1. The van der Waals surface area contributed by atoms with E-state index < -0.39 is 0 Å². The molecule has 1 unspecified atom stereocenters. The number of amides is 1. The fourth-order valence-electron chi connectivity index (χ4n) is 2.18. The van der Waals surface area contributed by atoms with E-state index >= 15 is 0 Å². The highest BCUT2D eigenvalue weighted by Gasteiger charge is 2.41. The first kappa shape index (κ1) is 10.7. The smallest absolute Gasteiger partial charge is 0.410 e. The Morgan fingerprint density at radius 3 is 2.67 bits per heavy atom. The molecular formula is C11H20N2O2. The molecule has 1 saturated carbocycles. The average molecular weight is 212 g/mol. The molecule has 0 radical (unpaired) electrons. The van der Waals surface area contributed by atoms with Gasteiger partial charge in [0.1, 0.15) is 5.60 Å². The van der Waals surface area contributed by atoms with Crippen molar-refractivity contribution >= 4 is 6.09 Å². The number of carbonyl (C=O) groups excluding carboxylic acids is 1. The van der Waals surface area contributed by atoms with Crippen LogP contribution in [0.25, 0.3) is 0 Å². The molecule has 1 saturated heterocycles. The van der Waals surface area contributed by atoms with E-state index in [0.29, 0.717) is 12.1 Å². The van der Waals surface area contributed by atoms with Crippen molar-refractivity contribution in [3.8, 4) is 0 Å². The lowest BCUT2D eigenvalue weighted by Gasteiger charge is -2.48. The molecule has 0 aromatic heterocycles. The molecule has 4 heteroatoms. The van der Waals surface area contributed by atoms with E-state index in [9.17, 15) is 4.79 Å². The fourth-order valence-corrected chi connectivity index (χ4v) is 2.18. The maximum absolute atomic E-state index is 11.9. The van der Waals surface area contributed by atoms with E-state index in [-0.39, 0.29) is 11.7 Å². The largest absolute Gasteiger partial charge is 0.444 e. The van der Waals surface area contributed by atoms with Crippen molar-refractivity contribution in [1.82, 2.24) is 10.2 Å². The van der Waals surface area contributed by atoms with Crippen LogP contribution in [0.2, 0.25) is 0 Å². The monoisotopic (exact) mass is 212 g/mol. The van der Waals surface area contributed by atoms with Gasteiger partial charge in [0.15, 0.2) is 0 Å². The first-order valence-electron chi connectivity index (χ1n) is 5.70. The second-order valence-corrected chi connectivity index (χ2v) is 5.38. The molecule has 15 heavy (non-hydrogen) atoms. The molecule has 4 nitrogen and oxygen atoms in total. The van der Waals surface area contributed by atoms with Crippen molar-refractivity contribution in [1.29, 1.82) is 0 Å². The lowest BCUT2D eigenvalue weighted by Crippen LogP contribution is -2.65. The summed E-state index contributed by atoms with van der Waals surface area (Å²) >= 11 is 0. The minimum Gasteiger partial charge on any atom is -0.444 e. The van der Waals surface area contributed by atoms with Crippen LogP contribution in [0.15, 0.2) is 0 Å². The predicted molar refractivity (Wildman–Crippen MR) is 57.8 cm³/mol. The molecule has 2 rings (SSSR count). The maximum atomic E-state index is 11.9. The van der Waals surface area contributed by atoms with E-state index in [2.05, 4.69) is 5.32 Å². The Balaban J connectivity index is 1.94. The SMILES string of the molecule is CC(C)(C)OC(=O)N1CCNC2CC[C@@H]21. The van der Waals surface area contributed by atoms with Gasteiger partial charge in [-0.05, 0) is 33.6 Å². The summed E-state index contributed by atoms with van der Waals surface area (Å²) in [5, 5.41) is 3.42. The van der Waals surface area contributed by atoms with Crippen LogP contribution in [0.1, 0.15) is 33.6 Å². The van der Waals surface area contributed by atoms with E-state index in [0.717, 1.165) is 19.5 Å². The van der Waals surface area contributed by atoms with Gasteiger partial charge in [0.2, 0.25) is 0 Å². The van der Waals surface area contributed by atoms with Gasteiger partial charge in [-0.15, -0.1) is 0 Å². The Morgan fingerprint density at radius 1 is 1.40 bits per heavy atom. The number of fused-ring (bicyclic) bond motifs is 1. The Labute approximate surface area is 91.0 Å². The summed E-state index contributed by atoms with van der Waals surface area (Å²) in [6, 6.07) is 0.875. The molecular weight excluding hydrogens is 192 g/mol. The standard InChI is InChI=1S/C11H20N2O2/c1-11(2,3)15-10(14)13-7-6-12-8-4-5-9(8)13/h8-9,12H,4-7H2,1-3H3/t8?,9-/m0/s1. The summed E-state index contributed by atoms with van der Waals surface area (Å²) in [6.45, 7) is 7.39. The first-order valence-corrected chi connectivity index (χ1v) is 5.70. The molecule has 0 aromatic rings. The third-order valence-electron chi connectivity index (χ3n) is 3.03. The van der Waals surface area contributed by atoms with E-state index in [4.69, 9.17) is 4.74 Å². The number of nitrogens with one attached hydrogen (secondary N) is 1.